The number of nitrogens with one attached hydrogen (secondary N) is 1. The topological polar surface area (TPSA) is 61.6 Å². The van der Waals surface area contributed by atoms with Crippen LogP contribution < -0.4 is 11.1 Å². The van der Waals surface area contributed by atoms with Gasteiger partial charge in [-0.05, 0) is 6.42 Å². The molecule has 3 heterocycles. The average molecular weight is 256 g/mol. The Morgan fingerprint density at radius 3 is 2.94 bits per heavy atom. The van der Waals surface area contributed by atoms with E-state index in [2.05, 4.69) is 10.2 Å². The summed E-state index contributed by atoms with van der Waals surface area (Å²) >= 11 is 0. The van der Waals surface area contributed by atoms with Gasteiger partial charge >= 0.3 is 0 Å². The highest BCUT2D eigenvalue weighted by Gasteiger charge is 2.42. The van der Waals surface area contributed by atoms with Crippen LogP contribution in [0.1, 0.15) is 12.8 Å². The van der Waals surface area contributed by atoms with Gasteiger partial charge in [-0.25, -0.2) is 4.39 Å². The van der Waals surface area contributed by atoms with Gasteiger partial charge in [0.2, 0.25) is 5.91 Å². The molecule has 0 aromatic heterocycles. The first-order chi connectivity index (χ1) is 8.66. The molecular formula is C12H21FN4O. The highest BCUT2D eigenvalue weighted by molar-refractivity contribution is 5.78. The highest BCUT2D eigenvalue weighted by Crippen LogP contribution is 2.26. The van der Waals surface area contributed by atoms with Gasteiger partial charge in [-0.2, -0.15) is 0 Å². The van der Waals surface area contributed by atoms with Crippen LogP contribution in [0.3, 0.4) is 0 Å². The Balaban J connectivity index is 1.68. The van der Waals surface area contributed by atoms with Gasteiger partial charge in [0.05, 0.1) is 6.04 Å². The molecule has 0 saturated carbocycles. The van der Waals surface area contributed by atoms with Crippen molar-refractivity contribution in [1.82, 2.24) is 15.1 Å². The lowest BCUT2D eigenvalue weighted by Crippen LogP contribution is -2.66. The second-order valence-corrected chi connectivity index (χ2v) is 5.60. The van der Waals surface area contributed by atoms with Crippen LogP contribution in [0.25, 0.3) is 0 Å². The molecule has 0 spiro atoms. The summed E-state index contributed by atoms with van der Waals surface area (Å²) in [5, 5.41) is 3.02. The number of hydrogen-bond donors (Lipinski definition) is 2. The summed E-state index contributed by atoms with van der Waals surface area (Å²) < 4.78 is 14.0. The predicted octanol–water partition coefficient (Wildman–Crippen LogP) is -1.07. The first kappa shape index (κ1) is 12.3. The lowest BCUT2D eigenvalue weighted by molar-refractivity contribution is -0.131. The monoisotopic (exact) mass is 256 g/mol. The number of carbonyl (C=O) groups is 1. The number of fused-ring (bicyclic) bond motifs is 1. The molecule has 0 bridgehead atoms. The Kier molecular flexibility index (Phi) is 3.25. The van der Waals surface area contributed by atoms with E-state index in [9.17, 15) is 9.18 Å². The van der Waals surface area contributed by atoms with E-state index < -0.39 is 6.17 Å². The Bertz CT molecular complexity index is 330. The molecule has 0 aromatic rings. The molecule has 3 N–H and O–H groups in total. The van der Waals surface area contributed by atoms with Gasteiger partial charge in [0.1, 0.15) is 6.17 Å². The highest BCUT2D eigenvalue weighted by atomic mass is 19.1. The molecular weight excluding hydrogens is 235 g/mol. The maximum atomic E-state index is 14.0. The van der Waals surface area contributed by atoms with Crippen molar-refractivity contribution in [2.75, 3.05) is 32.7 Å². The van der Waals surface area contributed by atoms with Gasteiger partial charge in [0, 0.05) is 51.2 Å². The molecule has 0 aliphatic carbocycles. The van der Waals surface area contributed by atoms with E-state index in [4.69, 9.17) is 5.73 Å². The number of piperazine rings is 1. The lowest BCUT2D eigenvalue weighted by Gasteiger charge is -2.46. The number of carbonyl (C=O) groups excluding carboxylic acids is 1. The van der Waals surface area contributed by atoms with Crippen molar-refractivity contribution < 1.29 is 9.18 Å². The van der Waals surface area contributed by atoms with Crippen molar-refractivity contribution in [2.45, 2.75) is 37.1 Å². The van der Waals surface area contributed by atoms with Gasteiger partial charge in [-0.1, -0.05) is 0 Å². The molecule has 3 fully saturated rings. The van der Waals surface area contributed by atoms with E-state index in [0.717, 1.165) is 26.1 Å². The zero-order valence-electron chi connectivity index (χ0n) is 10.5. The van der Waals surface area contributed by atoms with E-state index in [0.29, 0.717) is 19.5 Å². The molecule has 0 radical (unpaired) electrons. The summed E-state index contributed by atoms with van der Waals surface area (Å²) in [6.45, 7) is 3.33. The van der Waals surface area contributed by atoms with E-state index in [1.807, 2.05) is 4.90 Å². The summed E-state index contributed by atoms with van der Waals surface area (Å²) in [6, 6.07) is -0.0676. The molecule has 4 unspecified atom stereocenters. The summed E-state index contributed by atoms with van der Waals surface area (Å²) in [6.07, 6.45) is 0.653. The summed E-state index contributed by atoms with van der Waals surface area (Å²) in [5.41, 5.74) is 6.04. The van der Waals surface area contributed by atoms with Crippen molar-refractivity contribution in [2.24, 2.45) is 5.73 Å². The second kappa shape index (κ2) is 4.75. The fourth-order valence-electron chi connectivity index (χ4n) is 3.56. The van der Waals surface area contributed by atoms with Crippen molar-refractivity contribution in [3.63, 3.8) is 0 Å². The minimum Gasteiger partial charge on any atom is -0.337 e. The van der Waals surface area contributed by atoms with Crippen LogP contribution in [-0.2, 0) is 4.79 Å². The maximum Gasteiger partial charge on any atom is 0.222 e. The van der Waals surface area contributed by atoms with Crippen LogP contribution >= 0.6 is 0 Å². The van der Waals surface area contributed by atoms with Crippen molar-refractivity contribution >= 4 is 5.91 Å². The molecule has 3 aliphatic rings. The smallest absolute Gasteiger partial charge is 0.222 e. The molecule has 4 atom stereocenters. The van der Waals surface area contributed by atoms with Crippen LogP contribution in [0.4, 0.5) is 4.39 Å². The Morgan fingerprint density at radius 2 is 2.17 bits per heavy atom. The Morgan fingerprint density at radius 1 is 1.33 bits per heavy atom. The number of halogens is 1. The van der Waals surface area contributed by atoms with Gasteiger partial charge in [0.25, 0.3) is 0 Å². The van der Waals surface area contributed by atoms with E-state index in [-0.39, 0.29) is 24.0 Å². The number of piperidine rings is 1. The Hall–Kier alpha value is -0.720. The summed E-state index contributed by atoms with van der Waals surface area (Å²) in [4.78, 5) is 15.7. The van der Waals surface area contributed by atoms with Crippen LogP contribution in [-0.4, -0.2) is 72.7 Å². The normalized spacial score (nSPS) is 42.1. The molecule has 18 heavy (non-hydrogen) atoms. The molecule has 3 saturated heterocycles. The molecule has 6 heteroatoms. The summed E-state index contributed by atoms with van der Waals surface area (Å²) in [5.74, 6) is 0.256. The minimum atomic E-state index is -0.905. The quantitative estimate of drug-likeness (QED) is 0.627. The first-order valence-electron chi connectivity index (χ1n) is 6.80. The first-order valence-corrected chi connectivity index (χ1v) is 6.80. The van der Waals surface area contributed by atoms with Gasteiger partial charge in [-0.3, -0.25) is 9.69 Å². The van der Waals surface area contributed by atoms with E-state index >= 15 is 0 Å². The minimum absolute atomic E-state index is 0.155. The number of amides is 1. The molecule has 102 valence electrons. The lowest BCUT2D eigenvalue weighted by atomic mass is 9.96. The van der Waals surface area contributed by atoms with Gasteiger partial charge < -0.3 is 16.0 Å². The van der Waals surface area contributed by atoms with Gasteiger partial charge in [-0.15, -0.1) is 0 Å². The van der Waals surface area contributed by atoms with Crippen LogP contribution in [0.15, 0.2) is 0 Å². The van der Waals surface area contributed by atoms with Gasteiger partial charge in [0.15, 0.2) is 0 Å². The predicted molar refractivity (Wildman–Crippen MR) is 65.8 cm³/mol. The number of alkyl halides is 1. The number of hydrogen-bond acceptors (Lipinski definition) is 4. The number of nitrogens with zero attached hydrogens (tertiary/aromatic N) is 2. The maximum absolute atomic E-state index is 14.0. The third kappa shape index (κ3) is 2.02. The summed E-state index contributed by atoms with van der Waals surface area (Å²) in [7, 11) is 0. The van der Waals surface area contributed by atoms with Crippen LogP contribution in [0.5, 0.6) is 0 Å². The number of rotatable bonds is 1. The molecule has 3 aliphatic heterocycles. The van der Waals surface area contributed by atoms with E-state index in [1.165, 1.54) is 0 Å². The largest absolute Gasteiger partial charge is 0.337 e. The number of nitrogens with two attached hydrogens (primary N) is 1. The third-order valence-corrected chi connectivity index (χ3v) is 4.48. The fourth-order valence-corrected chi connectivity index (χ4v) is 3.56. The van der Waals surface area contributed by atoms with Crippen molar-refractivity contribution in [3.05, 3.63) is 0 Å². The van der Waals surface area contributed by atoms with Crippen LogP contribution in [0.2, 0.25) is 0 Å². The van der Waals surface area contributed by atoms with Crippen molar-refractivity contribution in [3.8, 4) is 0 Å². The SMILES string of the molecule is NC1CNCC(F)C1N1CCN2C(=O)CCC2C1. The Labute approximate surface area is 106 Å². The standard InChI is InChI=1S/C12H21FN4O/c13-9-5-15-6-10(14)12(9)16-3-4-17-8(7-16)1-2-11(17)18/h8-10,12,15H,1-7,14H2. The zero-order chi connectivity index (χ0) is 12.7. The fraction of sp³-hybridized carbons (Fsp3) is 0.917. The molecule has 1 amide bonds. The van der Waals surface area contributed by atoms with Crippen LogP contribution in [0, 0.1) is 0 Å². The molecule has 3 rings (SSSR count). The average Bonchev–Trinajstić information content (AvgIpc) is 2.71. The van der Waals surface area contributed by atoms with Crippen molar-refractivity contribution in [1.29, 1.82) is 0 Å². The molecule has 0 aromatic carbocycles. The van der Waals surface area contributed by atoms with E-state index in [1.54, 1.807) is 0 Å². The molecule has 5 nitrogen and oxygen atoms in total. The third-order valence-electron chi connectivity index (χ3n) is 4.48. The zero-order valence-corrected chi connectivity index (χ0v) is 10.5. The second-order valence-electron chi connectivity index (χ2n) is 5.60.